The molecule has 0 aliphatic carbocycles. The third-order valence-electron chi connectivity index (χ3n) is 2.38. The normalized spacial score (nSPS) is 10.3. The van der Waals surface area contributed by atoms with Gasteiger partial charge >= 0.3 is 0 Å². The second-order valence-corrected chi connectivity index (χ2v) is 6.05. The molecule has 17 heavy (non-hydrogen) atoms. The van der Waals surface area contributed by atoms with Gasteiger partial charge in [0, 0.05) is 17.5 Å². The summed E-state index contributed by atoms with van der Waals surface area (Å²) in [6, 6.07) is 4.14. The van der Waals surface area contributed by atoms with Gasteiger partial charge in [0.05, 0.1) is 10.3 Å². The van der Waals surface area contributed by atoms with Crippen LogP contribution in [0.1, 0.15) is 10.4 Å². The van der Waals surface area contributed by atoms with E-state index in [4.69, 9.17) is 0 Å². The highest BCUT2D eigenvalue weighted by Gasteiger charge is 2.05. The summed E-state index contributed by atoms with van der Waals surface area (Å²) >= 11 is 5.17. The zero-order valence-electron chi connectivity index (χ0n) is 9.62. The number of rotatable bonds is 4. The molecular formula is C11H13BrN4S. The Hall–Kier alpha value is -1.14. The fraction of sp³-hybridized carbons (Fsp3) is 0.273. The van der Waals surface area contributed by atoms with E-state index < -0.39 is 0 Å². The topological polar surface area (TPSA) is 49.8 Å². The van der Waals surface area contributed by atoms with Crippen LogP contribution in [-0.2, 0) is 6.54 Å². The molecule has 6 heteroatoms. The maximum Gasteiger partial charge on any atom is 0.134 e. The number of hydrogen-bond donors (Lipinski definition) is 2. The van der Waals surface area contributed by atoms with Gasteiger partial charge in [-0.25, -0.2) is 9.97 Å². The van der Waals surface area contributed by atoms with Gasteiger partial charge in [0.25, 0.3) is 0 Å². The van der Waals surface area contributed by atoms with Gasteiger partial charge in [0.15, 0.2) is 0 Å². The molecular weight excluding hydrogens is 300 g/mol. The minimum atomic E-state index is 0.775. The second-order valence-electron chi connectivity index (χ2n) is 3.51. The molecule has 0 saturated carbocycles. The maximum atomic E-state index is 4.24. The van der Waals surface area contributed by atoms with Crippen LogP contribution in [0.15, 0.2) is 22.2 Å². The summed E-state index contributed by atoms with van der Waals surface area (Å²) in [5.41, 5.74) is 1.03. The van der Waals surface area contributed by atoms with Crippen molar-refractivity contribution >= 4 is 38.9 Å². The minimum Gasteiger partial charge on any atom is -0.373 e. The van der Waals surface area contributed by atoms with Crippen LogP contribution in [-0.4, -0.2) is 17.0 Å². The lowest BCUT2D eigenvalue weighted by Gasteiger charge is -2.10. The highest BCUT2D eigenvalue weighted by atomic mass is 79.9. The zero-order valence-corrected chi connectivity index (χ0v) is 12.0. The largest absolute Gasteiger partial charge is 0.373 e. The number of anilines is 2. The highest BCUT2D eigenvalue weighted by Crippen LogP contribution is 2.24. The van der Waals surface area contributed by atoms with E-state index in [-0.39, 0.29) is 0 Å². The summed E-state index contributed by atoms with van der Waals surface area (Å²) in [4.78, 5) is 9.65. The van der Waals surface area contributed by atoms with Crippen LogP contribution < -0.4 is 10.6 Å². The predicted molar refractivity (Wildman–Crippen MR) is 75.7 cm³/mol. The van der Waals surface area contributed by atoms with Crippen molar-refractivity contribution in [3.63, 3.8) is 0 Å². The first kappa shape index (κ1) is 12.3. The van der Waals surface area contributed by atoms with Gasteiger partial charge in [-0.2, -0.15) is 0 Å². The third-order valence-corrected chi connectivity index (χ3v) is 4.00. The lowest BCUT2D eigenvalue weighted by atomic mass is 10.3. The molecule has 0 aliphatic rings. The van der Waals surface area contributed by atoms with E-state index >= 15 is 0 Å². The van der Waals surface area contributed by atoms with Crippen molar-refractivity contribution in [3.8, 4) is 0 Å². The average Bonchev–Trinajstić information content (AvgIpc) is 2.74. The average molecular weight is 313 g/mol. The van der Waals surface area contributed by atoms with Crippen LogP contribution in [0.4, 0.5) is 11.6 Å². The van der Waals surface area contributed by atoms with Crippen LogP contribution in [0.3, 0.4) is 0 Å². The van der Waals surface area contributed by atoms with Crippen molar-refractivity contribution in [2.75, 3.05) is 17.7 Å². The Morgan fingerprint density at radius 2 is 2.06 bits per heavy atom. The Balaban J connectivity index is 2.09. The van der Waals surface area contributed by atoms with Crippen molar-refractivity contribution in [2.45, 2.75) is 13.5 Å². The molecule has 0 fully saturated rings. The highest BCUT2D eigenvalue weighted by molar-refractivity contribution is 9.11. The summed E-state index contributed by atoms with van der Waals surface area (Å²) < 4.78 is 1.14. The van der Waals surface area contributed by atoms with Crippen molar-refractivity contribution in [3.05, 3.63) is 32.7 Å². The number of nitrogens with one attached hydrogen (secondary N) is 2. The molecule has 2 aromatic heterocycles. The molecule has 2 heterocycles. The monoisotopic (exact) mass is 312 g/mol. The molecule has 2 rings (SSSR count). The SMILES string of the molecule is CNc1ncnc(NCc2ccc(Br)s2)c1C. The standard InChI is InChI=1S/C11H13BrN4S/c1-7-10(13-2)15-6-16-11(7)14-5-8-3-4-9(12)17-8/h3-4,6H,5H2,1-2H3,(H2,13,14,15,16). The Morgan fingerprint density at radius 3 is 2.71 bits per heavy atom. The number of aromatic nitrogens is 2. The first-order valence-corrected chi connectivity index (χ1v) is 6.79. The predicted octanol–water partition coefficient (Wildman–Crippen LogP) is 3.26. The maximum absolute atomic E-state index is 4.24. The van der Waals surface area contributed by atoms with E-state index in [9.17, 15) is 0 Å². The summed E-state index contributed by atoms with van der Waals surface area (Å²) in [5, 5.41) is 6.36. The van der Waals surface area contributed by atoms with Gasteiger partial charge in [0.1, 0.15) is 18.0 Å². The molecule has 0 amide bonds. The summed E-state index contributed by atoms with van der Waals surface area (Å²) in [7, 11) is 1.86. The van der Waals surface area contributed by atoms with Crippen molar-refractivity contribution in [2.24, 2.45) is 0 Å². The second kappa shape index (κ2) is 5.46. The fourth-order valence-corrected chi connectivity index (χ4v) is 2.92. The molecule has 0 bridgehead atoms. The van der Waals surface area contributed by atoms with Gasteiger partial charge in [-0.3, -0.25) is 0 Å². The van der Waals surface area contributed by atoms with Crippen molar-refractivity contribution in [1.82, 2.24) is 9.97 Å². The van der Waals surface area contributed by atoms with Gasteiger partial charge in [0.2, 0.25) is 0 Å². The number of halogens is 1. The van der Waals surface area contributed by atoms with Crippen LogP contribution in [0.2, 0.25) is 0 Å². The van der Waals surface area contributed by atoms with Crippen molar-refractivity contribution < 1.29 is 0 Å². The first-order valence-electron chi connectivity index (χ1n) is 5.18. The molecule has 0 unspecified atom stereocenters. The molecule has 0 spiro atoms. The molecule has 0 atom stereocenters. The van der Waals surface area contributed by atoms with Gasteiger partial charge < -0.3 is 10.6 Å². The fourth-order valence-electron chi connectivity index (χ4n) is 1.50. The summed E-state index contributed by atoms with van der Waals surface area (Å²) in [5.74, 6) is 1.73. The van der Waals surface area contributed by atoms with Gasteiger partial charge in [-0.15, -0.1) is 11.3 Å². The van der Waals surface area contributed by atoms with Gasteiger partial charge in [-0.05, 0) is 35.0 Å². The lowest BCUT2D eigenvalue weighted by Crippen LogP contribution is -2.05. The number of nitrogens with zero attached hydrogens (tertiary/aromatic N) is 2. The number of hydrogen-bond acceptors (Lipinski definition) is 5. The minimum absolute atomic E-state index is 0.775. The van der Waals surface area contributed by atoms with Crippen LogP contribution in [0.25, 0.3) is 0 Å². The Labute approximate surface area is 113 Å². The molecule has 0 saturated heterocycles. The summed E-state index contributed by atoms with van der Waals surface area (Å²) in [6.45, 7) is 2.77. The van der Waals surface area contributed by atoms with E-state index in [1.807, 2.05) is 20.0 Å². The van der Waals surface area contributed by atoms with E-state index in [1.165, 1.54) is 4.88 Å². The molecule has 2 N–H and O–H groups in total. The molecule has 4 nitrogen and oxygen atoms in total. The van der Waals surface area contributed by atoms with E-state index in [0.29, 0.717) is 0 Å². The lowest BCUT2D eigenvalue weighted by molar-refractivity contribution is 1.07. The molecule has 0 radical (unpaired) electrons. The first-order chi connectivity index (χ1) is 8.20. The molecule has 0 aliphatic heterocycles. The van der Waals surface area contributed by atoms with Crippen LogP contribution in [0, 0.1) is 6.92 Å². The van der Waals surface area contributed by atoms with Crippen molar-refractivity contribution in [1.29, 1.82) is 0 Å². The Morgan fingerprint density at radius 1 is 1.29 bits per heavy atom. The van der Waals surface area contributed by atoms with Crippen LogP contribution in [0.5, 0.6) is 0 Å². The Kier molecular flexibility index (Phi) is 3.96. The summed E-state index contributed by atoms with van der Waals surface area (Å²) in [6.07, 6.45) is 1.56. The third kappa shape index (κ3) is 2.95. The quantitative estimate of drug-likeness (QED) is 0.909. The van der Waals surface area contributed by atoms with Gasteiger partial charge in [-0.1, -0.05) is 0 Å². The van der Waals surface area contributed by atoms with E-state index in [0.717, 1.165) is 27.5 Å². The zero-order chi connectivity index (χ0) is 12.3. The number of thiophene rings is 1. The smallest absolute Gasteiger partial charge is 0.134 e. The van der Waals surface area contributed by atoms with Crippen LogP contribution >= 0.6 is 27.3 Å². The molecule has 90 valence electrons. The molecule has 0 aromatic carbocycles. The van der Waals surface area contributed by atoms with E-state index in [2.05, 4.69) is 42.6 Å². The molecule has 2 aromatic rings. The Bertz CT molecular complexity index is 512. The van der Waals surface area contributed by atoms with E-state index in [1.54, 1.807) is 17.7 Å².